The Labute approximate surface area is 86.5 Å². The molecule has 0 aromatic heterocycles. The second kappa shape index (κ2) is 4.60. The van der Waals surface area contributed by atoms with E-state index >= 15 is 0 Å². The van der Waals surface area contributed by atoms with Crippen LogP contribution in [0.15, 0.2) is 0 Å². The number of nitrogens with zero attached hydrogens (tertiary/aromatic N) is 1. The summed E-state index contributed by atoms with van der Waals surface area (Å²) in [4.78, 5) is 2.56. The smallest absolute Gasteiger partial charge is 0.0584 e. The molecule has 0 spiro atoms. The lowest BCUT2D eigenvalue weighted by Crippen LogP contribution is -2.48. The van der Waals surface area contributed by atoms with Crippen molar-refractivity contribution < 1.29 is 5.11 Å². The molecule has 2 aliphatic heterocycles. The van der Waals surface area contributed by atoms with Gasteiger partial charge < -0.3 is 15.3 Å². The molecule has 3 heteroatoms. The third-order valence-electron chi connectivity index (χ3n) is 3.80. The minimum absolute atomic E-state index is 0.281. The minimum Gasteiger partial charge on any atom is -0.395 e. The molecule has 2 N–H and O–H groups in total. The summed E-state index contributed by atoms with van der Waals surface area (Å²) in [5.74, 6) is 0.837. The van der Waals surface area contributed by atoms with Crippen LogP contribution in [0.5, 0.6) is 0 Å². The lowest BCUT2D eigenvalue weighted by molar-refractivity contribution is 0.176. The molecule has 14 heavy (non-hydrogen) atoms. The Balaban J connectivity index is 1.85. The molecule has 0 saturated carbocycles. The normalized spacial score (nSPS) is 38.6. The first kappa shape index (κ1) is 10.4. The predicted molar refractivity (Wildman–Crippen MR) is 57.3 cm³/mol. The van der Waals surface area contributed by atoms with Gasteiger partial charge in [0, 0.05) is 18.6 Å². The molecule has 4 atom stereocenters. The third kappa shape index (κ3) is 2.10. The van der Waals surface area contributed by atoms with Crippen LogP contribution >= 0.6 is 0 Å². The van der Waals surface area contributed by atoms with Crippen molar-refractivity contribution in [2.75, 3.05) is 26.2 Å². The van der Waals surface area contributed by atoms with Gasteiger partial charge in [0.2, 0.25) is 0 Å². The lowest BCUT2D eigenvalue weighted by atomic mass is 9.93. The number of hydrogen-bond donors (Lipinski definition) is 2. The fraction of sp³-hybridized carbons (Fsp3) is 1.00. The van der Waals surface area contributed by atoms with Crippen molar-refractivity contribution in [3.05, 3.63) is 0 Å². The van der Waals surface area contributed by atoms with Crippen molar-refractivity contribution in [3.8, 4) is 0 Å². The Morgan fingerprint density at radius 2 is 2.21 bits per heavy atom. The molecule has 2 fully saturated rings. The fourth-order valence-corrected chi connectivity index (χ4v) is 2.77. The first-order chi connectivity index (χ1) is 6.83. The van der Waals surface area contributed by atoms with E-state index in [0.717, 1.165) is 12.3 Å². The number of piperidine rings is 1. The molecule has 0 aromatic rings. The van der Waals surface area contributed by atoms with Crippen LogP contribution in [0, 0.1) is 5.92 Å². The van der Waals surface area contributed by atoms with E-state index < -0.39 is 0 Å². The maximum absolute atomic E-state index is 9.15. The van der Waals surface area contributed by atoms with E-state index in [1.54, 1.807) is 0 Å². The summed E-state index contributed by atoms with van der Waals surface area (Å²) in [6.07, 6.45) is 3.64. The number of rotatable bonds is 4. The Morgan fingerprint density at radius 1 is 1.43 bits per heavy atom. The van der Waals surface area contributed by atoms with Crippen LogP contribution < -0.4 is 5.32 Å². The van der Waals surface area contributed by atoms with Gasteiger partial charge in [0.05, 0.1) is 6.61 Å². The molecule has 3 nitrogen and oxygen atoms in total. The van der Waals surface area contributed by atoms with E-state index in [4.69, 9.17) is 5.11 Å². The average Bonchev–Trinajstić information content (AvgIpc) is 2.61. The van der Waals surface area contributed by atoms with Gasteiger partial charge in [-0.15, -0.1) is 0 Å². The third-order valence-corrected chi connectivity index (χ3v) is 3.80. The molecule has 82 valence electrons. The molecule has 2 rings (SSSR count). The molecule has 0 radical (unpaired) electrons. The van der Waals surface area contributed by atoms with Crippen molar-refractivity contribution >= 4 is 0 Å². The molecule has 0 aromatic carbocycles. The van der Waals surface area contributed by atoms with Gasteiger partial charge in [0.1, 0.15) is 0 Å². The summed E-state index contributed by atoms with van der Waals surface area (Å²) in [6, 6.07) is 0.970. The van der Waals surface area contributed by atoms with Crippen molar-refractivity contribution in [1.82, 2.24) is 10.2 Å². The second-order valence-corrected chi connectivity index (χ2v) is 4.70. The van der Waals surface area contributed by atoms with Gasteiger partial charge in [-0.2, -0.15) is 0 Å². The zero-order valence-electron chi connectivity index (χ0n) is 9.08. The number of aliphatic hydroxyl groups excluding tert-OH is 1. The molecule has 2 bridgehead atoms. The van der Waals surface area contributed by atoms with E-state index in [-0.39, 0.29) is 6.61 Å². The molecule has 2 aliphatic rings. The molecular formula is C11H22N2O. The number of aliphatic hydroxyl groups is 1. The lowest BCUT2D eigenvalue weighted by Gasteiger charge is -2.33. The highest BCUT2D eigenvalue weighted by atomic mass is 16.3. The van der Waals surface area contributed by atoms with E-state index in [9.17, 15) is 0 Å². The van der Waals surface area contributed by atoms with Gasteiger partial charge in [-0.05, 0) is 38.3 Å². The topological polar surface area (TPSA) is 35.5 Å². The second-order valence-electron chi connectivity index (χ2n) is 4.70. The van der Waals surface area contributed by atoms with Crippen molar-refractivity contribution in [2.45, 2.75) is 38.3 Å². The molecule has 0 aliphatic carbocycles. The highest BCUT2D eigenvalue weighted by Crippen LogP contribution is 2.27. The maximum atomic E-state index is 9.15. The summed E-state index contributed by atoms with van der Waals surface area (Å²) in [6.45, 7) is 6.23. The van der Waals surface area contributed by atoms with Crippen LogP contribution in [-0.4, -0.2) is 48.3 Å². The van der Waals surface area contributed by atoms with Crippen LogP contribution in [0.1, 0.15) is 26.2 Å². The van der Waals surface area contributed by atoms with Gasteiger partial charge in [-0.1, -0.05) is 6.92 Å². The van der Waals surface area contributed by atoms with Gasteiger partial charge in [0.25, 0.3) is 0 Å². The first-order valence-electron chi connectivity index (χ1n) is 5.92. The Morgan fingerprint density at radius 3 is 2.93 bits per heavy atom. The molecular weight excluding hydrogens is 176 g/mol. The van der Waals surface area contributed by atoms with Crippen molar-refractivity contribution in [3.63, 3.8) is 0 Å². The monoisotopic (exact) mass is 198 g/mol. The highest BCUT2D eigenvalue weighted by Gasteiger charge is 2.34. The zero-order chi connectivity index (χ0) is 9.97. The van der Waals surface area contributed by atoms with Crippen LogP contribution in [0.3, 0.4) is 0 Å². The van der Waals surface area contributed by atoms with Gasteiger partial charge in [0.15, 0.2) is 0 Å². The predicted octanol–water partition coefficient (Wildman–Crippen LogP) is 0.441. The summed E-state index contributed by atoms with van der Waals surface area (Å²) in [7, 11) is 0. The summed E-state index contributed by atoms with van der Waals surface area (Å²) >= 11 is 0. The van der Waals surface area contributed by atoms with Crippen LogP contribution in [-0.2, 0) is 0 Å². The average molecular weight is 198 g/mol. The van der Waals surface area contributed by atoms with E-state index in [1.165, 1.54) is 32.5 Å². The largest absolute Gasteiger partial charge is 0.395 e. The maximum Gasteiger partial charge on any atom is 0.0584 e. The number of fused-ring (bicyclic) bond motifs is 2. The standard InChI is InChI=1S/C11H22N2O/c1-2-10(8-14)12-11-4-6-13-5-3-9(11)7-13/h9-12,14H,2-8H2,1H3. The SMILES string of the molecule is CCC(CO)NC1CCN2CCC1C2. The van der Waals surface area contributed by atoms with Crippen LogP contribution in [0.2, 0.25) is 0 Å². The van der Waals surface area contributed by atoms with Gasteiger partial charge >= 0.3 is 0 Å². The summed E-state index contributed by atoms with van der Waals surface area (Å²) < 4.78 is 0. The number of hydrogen-bond acceptors (Lipinski definition) is 3. The minimum atomic E-state index is 0.281. The Hall–Kier alpha value is -0.120. The zero-order valence-corrected chi connectivity index (χ0v) is 9.08. The quantitative estimate of drug-likeness (QED) is 0.688. The van der Waals surface area contributed by atoms with Crippen molar-refractivity contribution in [2.24, 2.45) is 5.92 Å². The van der Waals surface area contributed by atoms with E-state index in [2.05, 4.69) is 17.1 Å². The Bertz CT molecular complexity index is 182. The van der Waals surface area contributed by atoms with Crippen LogP contribution in [0.25, 0.3) is 0 Å². The summed E-state index contributed by atoms with van der Waals surface area (Å²) in [5, 5.41) is 12.8. The molecule has 2 saturated heterocycles. The summed E-state index contributed by atoms with van der Waals surface area (Å²) in [5.41, 5.74) is 0. The van der Waals surface area contributed by atoms with E-state index in [1.807, 2.05) is 0 Å². The van der Waals surface area contributed by atoms with Gasteiger partial charge in [-0.3, -0.25) is 0 Å². The molecule has 2 heterocycles. The van der Waals surface area contributed by atoms with Gasteiger partial charge in [-0.25, -0.2) is 0 Å². The molecule has 0 amide bonds. The van der Waals surface area contributed by atoms with Crippen LogP contribution in [0.4, 0.5) is 0 Å². The fourth-order valence-electron chi connectivity index (χ4n) is 2.77. The Kier molecular flexibility index (Phi) is 3.42. The highest BCUT2D eigenvalue weighted by molar-refractivity contribution is 4.91. The first-order valence-corrected chi connectivity index (χ1v) is 5.92. The van der Waals surface area contributed by atoms with E-state index in [0.29, 0.717) is 12.1 Å². The van der Waals surface area contributed by atoms with Crippen molar-refractivity contribution in [1.29, 1.82) is 0 Å². The molecule has 4 unspecified atom stereocenters. The number of nitrogens with one attached hydrogen (secondary N) is 1.